The normalized spacial score (nSPS) is 12.2. The minimum atomic E-state index is -0.284. The zero-order valence-electron chi connectivity index (χ0n) is 8.88. The van der Waals surface area contributed by atoms with Gasteiger partial charge in [0, 0.05) is 16.7 Å². The van der Waals surface area contributed by atoms with Crippen molar-refractivity contribution in [2.45, 2.75) is 13.8 Å². The van der Waals surface area contributed by atoms with Gasteiger partial charge in [-0.2, -0.15) is 0 Å². The van der Waals surface area contributed by atoms with Gasteiger partial charge < -0.3 is 11.1 Å². The molecular weight excluding hydrogens is 256 g/mol. The number of benzene rings is 1. The molecule has 0 aliphatic heterocycles. The average Bonchev–Trinajstić information content (AvgIpc) is 2.19. The van der Waals surface area contributed by atoms with Gasteiger partial charge in [0.15, 0.2) is 0 Å². The van der Waals surface area contributed by atoms with Crippen LogP contribution in [0.1, 0.15) is 12.5 Å². The fraction of sp³-hybridized carbons (Fsp3) is 0.364. The SMILES string of the molecule is Cc1ccc(NCC(C)C(N)=O)cc1Br. The van der Waals surface area contributed by atoms with Crippen LogP contribution in [0, 0.1) is 12.8 Å². The zero-order valence-corrected chi connectivity index (χ0v) is 10.5. The molecule has 0 aliphatic carbocycles. The molecule has 0 bridgehead atoms. The largest absolute Gasteiger partial charge is 0.384 e. The average molecular weight is 271 g/mol. The van der Waals surface area contributed by atoms with Gasteiger partial charge in [-0.15, -0.1) is 0 Å². The second kappa shape index (κ2) is 5.16. The Bertz CT molecular complexity index is 366. The second-order valence-corrected chi connectivity index (χ2v) is 4.50. The van der Waals surface area contributed by atoms with Gasteiger partial charge >= 0.3 is 0 Å². The molecule has 1 atom stereocenters. The monoisotopic (exact) mass is 270 g/mol. The first kappa shape index (κ1) is 12.0. The topological polar surface area (TPSA) is 55.1 Å². The molecule has 0 saturated carbocycles. The van der Waals surface area contributed by atoms with E-state index in [1.807, 2.05) is 25.1 Å². The highest BCUT2D eigenvalue weighted by atomic mass is 79.9. The van der Waals surface area contributed by atoms with Crippen molar-refractivity contribution in [3.63, 3.8) is 0 Å². The summed E-state index contributed by atoms with van der Waals surface area (Å²) in [5.41, 5.74) is 7.34. The highest BCUT2D eigenvalue weighted by Crippen LogP contribution is 2.20. The van der Waals surface area contributed by atoms with Gasteiger partial charge in [-0.05, 0) is 24.6 Å². The summed E-state index contributed by atoms with van der Waals surface area (Å²) < 4.78 is 1.05. The predicted molar refractivity (Wildman–Crippen MR) is 65.7 cm³/mol. The Hall–Kier alpha value is -1.03. The van der Waals surface area contributed by atoms with Crippen molar-refractivity contribution in [2.24, 2.45) is 11.7 Å². The number of halogens is 1. The van der Waals surface area contributed by atoms with Gasteiger partial charge in [-0.25, -0.2) is 0 Å². The molecule has 82 valence electrons. The quantitative estimate of drug-likeness (QED) is 0.882. The van der Waals surface area contributed by atoms with Crippen molar-refractivity contribution >= 4 is 27.5 Å². The van der Waals surface area contributed by atoms with Crippen LogP contribution in [0.5, 0.6) is 0 Å². The smallest absolute Gasteiger partial charge is 0.222 e. The first-order valence-electron chi connectivity index (χ1n) is 4.80. The fourth-order valence-electron chi connectivity index (χ4n) is 1.07. The van der Waals surface area contributed by atoms with Gasteiger partial charge in [0.1, 0.15) is 0 Å². The Labute approximate surface area is 98.2 Å². The number of primary amides is 1. The van der Waals surface area contributed by atoms with Crippen molar-refractivity contribution in [3.05, 3.63) is 28.2 Å². The zero-order chi connectivity index (χ0) is 11.4. The first-order valence-corrected chi connectivity index (χ1v) is 5.59. The minimum absolute atomic E-state index is 0.162. The van der Waals surface area contributed by atoms with Crippen molar-refractivity contribution in [1.29, 1.82) is 0 Å². The number of hydrogen-bond donors (Lipinski definition) is 2. The van der Waals surface area contributed by atoms with Gasteiger partial charge in [0.25, 0.3) is 0 Å². The molecule has 1 unspecified atom stereocenters. The number of hydrogen-bond acceptors (Lipinski definition) is 2. The Kier molecular flexibility index (Phi) is 4.15. The number of rotatable bonds is 4. The predicted octanol–water partition coefficient (Wildman–Crippen LogP) is 2.29. The van der Waals surface area contributed by atoms with E-state index in [9.17, 15) is 4.79 Å². The lowest BCUT2D eigenvalue weighted by Gasteiger charge is -2.11. The maximum Gasteiger partial charge on any atom is 0.222 e. The van der Waals surface area contributed by atoms with Crippen molar-refractivity contribution < 1.29 is 4.79 Å². The Morgan fingerprint density at radius 3 is 2.80 bits per heavy atom. The second-order valence-electron chi connectivity index (χ2n) is 3.65. The maximum absolute atomic E-state index is 10.8. The molecule has 0 aromatic heterocycles. The first-order chi connectivity index (χ1) is 7.00. The summed E-state index contributed by atoms with van der Waals surface area (Å²) in [4.78, 5) is 10.8. The number of carbonyl (C=O) groups is 1. The summed E-state index contributed by atoms with van der Waals surface area (Å²) in [6.07, 6.45) is 0. The third-order valence-electron chi connectivity index (χ3n) is 2.27. The van der Waals surface area contributed by atoms with E-state index in [4.69, 9.17) is 5.73 Å². The Morgan fingerprint density at radius 2 is 2.27 bits per heavy atom. The molecule has 4 heteroatoms. The minimum Gasteiger partial charge on any atom is -0.384 e. The number of anilines is 1. The summed E-state index contributed by atoms with van der Waals surface area (Å²) in [6.45, 7) is 4.39. The standard InChI is InChI=1S/C11H15BrN2O/c1-7-3-4-9(5-10(7)12)14-6-8(2)11(13)15/h3-5,8,14H,6H2,1-2H3,(H2,13,15). The third kappa shape index (κ3) is 3.55. The fourth-order valence-corrected chi connectivity index (χ4v) is 1.45. The number of aryl methyl sites for hydroxylation is 1. The summed E-state index contributed by atoms with van der Waals surface area (Å²) in [5.74, 6) is -0.446. The molecule has 1 amide bonds. The molecule has 0 spiro atoms. The Balaban J connectivity index is 2.58. The maximum atomic E-state index is 10.8. The van der Waals surface area contributed by atoms with E-state index in [2.05, 4.69) is 21.2 Å². The van der Waals surface area contributed by atoms with Gasteiger partial charge in [0.05, 0.1) is 5.92 Å². The molecule has 3 N–H and O–H groups in total. The van der Waals surface area contributed by atoms with E-state index in [1.165, 1.54) is 5.56 Å². The lowest BCUT2D eigenvalue weighted by molar-refractivity contribution is -0.120. The van der Waals surface area contributed by atoms with Crippen LogP contribution in [-0.4, -0.2) is 12.5 Å². The van der Waals surface area contributed by atoms with Crippen molar-refractivity contribution in [3.8, 4) is 0 Å². The van der Waals surface area contributed by atoms with E-state index in [-0.39, 0.29) is 11.8 Å². The summed E-state index contributed by atoms with van der Waals surface area (Å²) >= 11 is 3.45. The van der Waals surface area contributed by atoms with Crippen LogP contribution in [0.3, 0.4) is 0 Å². The number of nitrogens with one attached hydrogen (secondary N) is 1. The summed E-state index contributed by atoms with van der Waals surface area (Å²) in [7, 11) is 0. The van der Waals surface area contributed by atoms with Gasteiger partial charge in [-0.3, -0.25) is 4.79 Å². The van der Waals surface area contributed by atoms with Crippen LogP contribution in [0.4, 0.5) is 5.69 Å². The van der Waals surface area contributed by atoms with Crippen LogP contribution in [0.25, 0.3) is 0 Å². The molecule has 0 aliphatic rings. The third-order valence-corrected chi connectivity index (χ3v) is 3.12. The van der Waals surface area contributed by atoms with E-state index in [0.717, 1.165) is 10.2 Å². The highest BCUT2D eigenvalue weighted by molar-refractivity contribution is 9.10. The molecule has 15 heavy (non-hydrogen) atoms. The lowest BCUT2D eigenvalue weighted by Crippen LogP contribution is -2.26. The van der Waals surface area contributed by atoms with E-state index >= 15 is 0 Å². The molecule has 1 aromatic carbocycles. The van der Waals surface area contributed by atoms with Crippen LogP contribution >= 0.6 is 15.9 Å². The molecular formula is C11H15BrN2O. The van der Waals surface area contributed by atoms with Crippen LogP contribution in [0.15, 0.2) is 22.7 Å². The molecule has 1 aromatic rings. The van der Waals surface area contributed by atoms with Crippen LogP contribution in [-0.2, 0) is 4.79 Å². The van der Waals surface area contributed by atoms with Gasteiger partial charge in [0.2, 0.25) is 5.91 Å². The number of amides is 1. The van der Waals surface area contributed by atoms with Crippen LogP contribution in [0.2, 0.25) is 0 Å². The number of carbonyl (C=O) groups excluding carboxylic acids is 1. The molecule has 0 heterocycles. The Morgan fingerprint density at radius 1 is 1.60 bits per heavy atom. The van der Waals surface area contributed by atoms with Gasteiger partial charge in [-0.1, -0.05) is 28.9 Å². The van der Waals surface area contributed by atoms with E-state index in [1.54, 1.807) is 6.92 Å². The molecule has 0 saturated heterocycles. The molecule has 0 fully saturated rings. The molecule has 1 rings (SSSR count). The molecule has 0 radical (unpaired) electrons. The highest BCUT2D eigenvalue weighted by Gasteiger charge is 2.07. The van der Waals surface area contributed by atoms with E-state index < -0.39 is 0 Å². The van der Waals surface area contributed by atoms with Crippen molar-refractivity contribution in [1.82, 2.24) is 0 Å². The lowest BCUT2D eigenvalue weighted by atomic mass is 10.1. The number of nitrogens with two attached hydrogens (primary N) is 1. The summed E-state index contributed by atoms with van der Waals surface area (Å²) in [6, 6.07) is 5.98. The molecule has 3 nitrogen and oxygen atoms in total. The van der Waals surface area contributed by atoms with Crippen LogP contribution < -0.4 is 11.1 Å². The summed E-state index contributed by atoms with van der Waals surface area (Å²) in [5, 5.41) is 3.16. The van der Waals surface area contributed by atoms with Crippen molar-refractivity contribution in [2.75, 3.05) is 11.9 Å². The van der Waals surface area contributed by atoms with E-state index in [0.29, 0.717) is 6.54 Å².